The minimum atomic E-state index is -0.550. The van der Waals surface area contributed by atoms with Gasteiger partial charge in [-0.3, -0.25) is 25.7 Å². The van der Waals surface area contributed by atoms with Crippen molar-refractivity contribution in [3.05, 3.63) is 95.0 Å². The SMILES string of the molecule is O=[N+]([O-])c1cccc(COc2c(Br)cc(/C=N\Nc3ncccc3[N+](=O)[O-])cc2Br)c1. The van der Waals surface area contributed by atoms with E-state index in [-0.39, 0.29) is 23.8 Å². The Morgan fingerprint density at radius 2 is 1.81 bits per heavy atom. The Labute approximate surface area is 192 Å². The number of hydrogen-bond acceptors (Lipinski definition) is 8. The van der Waals surface area contributed by atoms with Gasteiger partial charge in [-0.05, 0) is 61.2 Å². The van der Waals surface area contributed by atoms with Crippen LogP contribution in [0.25, 0.3) is 0 Å². The molecule has 0 spiro atoms. The van der Waals surface area contributed by atoms with Crippen molar-refractivity contribution in [3.8, 4) is 5.75 Å². The van der Waals surface area contributed by atoms with E-state index in [1.165, 1.54) is 36.7 Å². The van der Waals surface area contributed by atoms with Gasteiger partial charge in [0.1, 0.15) is 12.4 Å². The van der Waals surface area contributed by atoms with Gasteiger partial charge in [0.15, 0.2) is 0 Å². The molecule has 0 amide bonds. The zero-order valence-corrected chi connectivity index (χ0v) is 18.7. The van der Waals surface area contributed by atoms with Gasteiger partial charge >= 0.3 is 5.69 Å². The molecule has 31 heavy (non-hydrogen) atoms. The highest BCUT2D eigenvalue weighted by molar-refractivity contribution is 9.11. The maximum absolute atomic E-state index is 11.0. The molecule has 2 aromatic carbocycles. The molecule has 1 N–H and O–H groups in total. The summed E-state index contributed by atoms with van der Waals surface area (Å²) >= 11 is 6.86. The van der Waals surface area contributed by atoms with Gasteiger partial charge in [-0.15, -0.1) is 0 Å². The molecule has 0 radical (unpaired) electrons. The third kappa shape index (κ3) is 5.83. The molecule has 0 saturated heterocycles. The molecule has 0 atom stereocenters. The van der Waals surface area contributed by atoms with Crippen molar-refractivity contribution in [2.75, 3.05) is 5.43 Å². The Bertz CT molecular complexity index is 1150. The first kappa shape index (κ1) is 22.3. The summed E-state index contributed by atoms with van der Waals surface area (Å²) in [5.74, 6) is 0.538. The van der Waals surface area contributed by atoms with Crippen LogP contribution in [0.1, 0.15) is 11.1 Å². The van der Waals surface area contributed by atoms with E-state index < -0.39 is 9.85 Å². The van der Waals surface area contributed by atoms with Crippen molar-refractivity contribution in [1.29, 1.82) is 0 Å². The number of hydrogen-bond donors (Lipinski definition) is 1. The predicted octanol–water partition coefficient (Wildman–Crippen LogP) is 5.45. The monoisotopic (exact) mass is 549 g/mol. The van der Waals surface area contributed by atoms with E-state index in [2.05, 4.69) is 47.4 Å². The second-order valence-corrected chi connectivity index (χ2v) is 7.74. The van der Waals surface area contributed by atoms with Crippen molar-refractivity contribution in [2.24, 2.45) is 5.10 Å². The van der Waals surface area contributed by atoms with Gasteiger partial charge in [0.05, 0.1) is 25.0 Å². The molecule has 10 nitrogen and oxygen atoms in total. The zero-order valence-electron chi connectivity index (χ0n) is 15.6. The van der Waals surface area contributed by atoms with Gasteiger partial charge < -0.3 is 4.74 Å². The van der Waals surface area contributed by atoms with Crippen molar-refractivity contribution < 1.29 is 14.6 Å². The first-order valence-corrected chi connectivity index (χ1v) is 10.2. The summed E-state index contributed by atoms with van der Waals surface area (Å²) in [5, 5.41) is 25.9. The lowest BCUT2D eigenvalue weighted by Gasteiger charge is -2.11. The number of nitrogens with zero attached hydrogens (tertiary/aromatic N) is 4. The summed E-state index contributed by atoms with van der Waals surface area (Å²) in [5.41, 5.74) is 3.69. The number of nitro groups is 2. The van der Waals surface area contributed by atoms with E-state index in [0.29, 0.717) is 25.8 Å². The van der Waals surface area contributed by atoms with Crippen LogP contribution in [0.2, 0.25) is 0 Å². The number of rotatable bonds is 8. The van der Waals surface area contributed by atoms with Crippen molar-refractivity contribution in [2.45, 2.75) is 6.61 Å². The summed E-state index contributed by atoms with van der Waals surface area (Å²) in [6.45, 7) is 0.136. The van der Waals surface area contributed by atoms with E-state index in [4.69, 9.17) is 4.74 Å². The number of ether oxygens (including phenoxy) is 1. The van der Waals surface area contributed by atoms with Crippen LogP contribution in [0, 0.1) is 20.2 Å². The summed E-state index contributed by atoms with van der Waals surface area (Å²) in [6.07, 6.45) is 2.89. The molecule has 12 heteroatoms. The number of nitrogens with one attached hydrogen (secondary N) is 1. The first-order chi connectivity index (χ1) is 14.8. The largest absolute Gasteiger partial charge is 0.487 e. The third-order valence-electron chi connectivity index (χ3n) is 3.89. The molecule has 0 saturated carbocycles. The molecule has 1 aromatic heterocycles. The summed E-state index contributed by atoms with van der Waals surface area (Å²) in [7, 11) is 0. The smallest absolute Gasteiger partial charge is 0.313 e. The summed E-state index contributed by atoms with van der Waals surface area (Å²) in [6, 6.07) is 12.5. The van der Waals surface area contributed by atoms with Crippen LogP contribution >= 0.6 is 31.9 Å². The van der Waals surface area contributed by atoms with Gasteiger partial charge in [-0.2, -0.15) is 5.10 Å². The average Bonchev–Trinajstić information content (AvgIpc) is 2.73. The molecule has 0 aliphatic heterocycles. The lowest BCUT2D eigenvalue weighted by molar-refractivity contribution is -0.385. The molecule has 0 fully saturated rings. The number of pyridine rings is 1. The number of nitro benzene ring substituents is 1. The standard InChI is InChI=1S/C19H13Br2N5O5/c20-15-8-13(10-23-24-19-17(26(29)30)5-2-6-22-19)9-16(21)18(15)31-11-12-3-1-4-14(7-12)25(27)28/h1-10H,11H2,(H,22,24)/b23-10-. The number of non-ortho nitro benzene ring substituents is 1. The lowest BCUT2D eigenvalue weighted by Crippen LogP contribution is -2.00. The second kappa shape index (κ2) is 10.1. The molecule has 1 heterocycles. The molecule has 0 aliphatic rings. The Kier molecular flexibility index (Phi) is 7.26. The normalized spacial score (nSPS) is 10.8. The maximum Gasteiger partial charge on any atom is 0.313 e. The van der Waals surface area contributed by atoms with Gasteiger partial charge in [0.2, 0.25) is 5.82 Å². The molecule has 0 bridgehead atoms. The summed E-state index contributed by atoms with van der Waals surface area (Å²) in [4.78, 5) is 24.8. The highest BCUT2D eigenvalue weighted by Crippen LogP contribution is 2.35. The summed E-state index contributed by atoms with van der Waals surface area (Å²) < 4.78 is 7.04. The van der Waals surface area contributed by atoms with Crippen LogP contribution in [0.4, 0.5) is 17.2 Å². The Hall–Kier alpha value is -3.38. The lowest BCUT2D eigenvalue weighted by atomic mass is 10.2. The molecular weight excluding hydrogens is 538 g/mol. The topological polar surface area (TPSA) is 133 Å². The molecule has 0 unspecified atom stereocenters. The van der Waals surface area contributed by atoms with Crippen molar-refractivity contribution in [1.82, 2.24) is 4.98 Å². The highest BCUT2D eigenvalue weighted by Gasteiger charge is 2.13. The quantitative estimate of drug-likeness (QED) is 0.224. The number of hydrazone groups is 1. The van der Waals surface area contributed by atoms with Gasteiger partial charge in [-0.25, -0.2) is 4.98 Å². The van der Waals surface area contributed by atoms with Crippen LogP contribution < -0.4 is 10.2 Å². The van der Waals surface area contributed by atoms with Crippen LogP contribution in [0.3, 0.4) is 0 Å². The van der Waals surface area contributed by atoms with E-state index in [1.54, 1.807) is 24.3 Å². The fourth-order valence-electron chi connectivity index (χ4n) is 2.51. The molecule has 3 aromatic rings. The fourth-order valence-corrected chi connectivity index (χ4v) is 3.96. The molecular formula is C19H13Br2N5O5. The Balaban J connectivity index is 1.70. The van der Waals surface area contributed by atoms with Gasteiger partial charge in [-0.1, -0.05) is 12.1 Å². The fraction of sp³-hybridized carbons (Fsp3) is 0.0526. The molecule has 3 rings (SSSR count). The second-order valence-electron chi connectivity index (χ2n) is 6.03. The van der Waals surface area contributed by atoms with Crippen LogP contribution in [-0.2, 0) is 6.61 Å². The zero-order chi connectivity index (χ0) is 22.4. The van der Waals surface area contributed by atoms with Crippen LogP contribution in [0.15, 0.2) is 68.8 Å². The molecule has 158 valence electrons. The third-order valence-corrected chi connectivity index (χ3v) is 5.07. The van der Waals surface area contributed by atoms with E-state index >= 15 is 0 Å². The maximum atomic E-state index is 11.0. The number of benzene rings is 2. The van der Waals surface area contributed by atoms with Crippen LogP contribution in [0.5, 0.6) is 5.75 Å². The average molecular weight is 551 g/mol. The first-order valence-electron chi connectivity index (χ1n) is 8.59. The van der Waals surface area contributed by atoms with E-state index in [1.807, 2.05) is 0 Å². The number of aromatic nitrogens is 1. The van der Waals surface area contributed by atoms with Gasteiger partial charge in [0, 0.05) is 24.4 Å². The predicted molar refractivity (Wildman–Crippen MR) is 121 cm³/mol. The van der Waals surface area contributed by atoms with E-state index in [0.717, 1.165) is 0 Å². The molecule has 0 aliphatic carbocycles. The minimum absolute atomic E-state index is 0.00793. The van der Waals surface area contributed by atoms with Crippen LogP contribution in [-0.4, -0.2) is 21.0 Å². The van der Waals surface area contributed by atoms with Crippen molar-refractivity contribution >= 4 is 55.3 Å². The Morgan fingerprint density at radius 1 is 1.06 bits per heavy atom. The van der Waals surface area contributed by atoms with Gasteiger partial charge in [0.25, 0.3) is 5.69 Å². The number of halogens is 2. The van der Waals surface area contributed by atoms with Crippen molar-refractivity contribution in [3.63, 3.8) is 0 Å². The highest BCUT2D eigenvalue weighted by atomic mass is 79.9. The minimum Gasteiger partial charge on any atom is -0.487 e. The Morgan fingerprint density at radius 3 is 2.48 bits per heavy atom. The van der Waals surface area contributed by atoms with E-state index in [9.17, 15) is 20.2 Å². The number of anilines is 1.